The van der Waals surface area contributed by atoms with Crippen LogP contribution < -0.4 is 0 Å². The molecule has 0 radical (unpaired) electrons. The third-order valence-electron chi connectivity index (χ3n) is 6.95. The van der Waals surface area contributed by atoms with Crippen LogP contribution in [0.15, 0.2) is 0 Å². The van der Waals surface area contributed by atoms with Gasteiger partial charge >= 0.3 is 0 Å². The monoisotopic (exact) mass is 361 g/mol. The molecule has 2 unspecified atom stereocenters. The zero-order valence-corrected chi connectivity index (χ0v) is 18.3. The van der Waals surface area contributed by atoms with Gasteiger partial charge in [0, 0.05) is 6.42 Å². The van der Waals surface area contributed by atoms with Gasteiger partial charge in [-0.2, -0.15) is 5.26 Å². The molecule has 0 aromatic heterocycles. The lowest BCUT2D eigenvalue weighted by Crippen LogP contribution is -2.22. The molecular formula is C25H47N. The van der Waals surface area contributed by atoms with Crippen LogP contribution in [0.25, 0.3) is 0 Å². The number of nitrogens with zero attached hydrogens (tertiary/aromatic N) is 1. The number of hydrogen-bond acceptors (Lipinski definition) is 1. The molecule has 0 aromatic carbocycles. The van der Waals surface area contributed by atoms with Gasteiger partial charge in [-0.25, -0.2) is 0 Å². The highest BCUT2D eigenvalue weighted by atomic mass is 14.3. The van der Waals surface area contributed by atoms with E-state index in [1.54, 1.807) is 0 Å². The highest BCUT2D eigenvalue weighted by Gasteiger charge is 2.27. The normalized spacial score (nSPS) is 22.7. The molecule has 0 amide bonds. The van der Waals surface area contributed by atoms with E-state index in [2.05, 4.69) is 26.8 Å². The van der Waals surface area contributed by atoms with Gasteiger partial charge in [0.2, 0.25) is 0 Å². The summed E-state index contributed by atoms with van der Waals surface area (Å²) in [7, 11) is 0. The molecule has 0 saturated heterocycles. The van der Waals surface area contributed by atoms with Crippen molar-refractivity contribution in [3.63, 3.8) is 0 Å². The second kappa shape index (κ2) is 15.5. The van der Waals surface area contributed by atoms with Crippen LogP contribution in [0.1, 0.15) is 130 Å². The maximum absolute atomic E-state index is 8.93. The van der Waals surface area contributed by atoms with Crippen molar-refractivity contribution in [3.05, 3.63) is 0 Å². The SMILES string of the molecule is CCCCCCC(CCC)CCCC(CCC)C1CCC(CC#N)CC1. The third-order valence-corrected chi connectivity index (χ3v) is 6.95. The van der Waals surface area contributed by atoms with Crippen LogP contribution in [0.5, 0.6) is 0 Å². The van der Waals surface area contributed by atoms with Crippen molar-refractivity contribution < 1.29 is 0 Å². The van der Waals surface area contributed by atoms with E-state index >= 15 is 0 Å². The molecule has 0 aliphatic heterocycles. The Morgan fingerprint density at radius 3 is 2.04 bits per heavy atom. The van der Waals surface area contributed by atoms with E-state index in [0.717, 1.165) is 24.2 Å². The lowest BCUT2D eigenvalue weighted by molar-refractivity contribution is 0.182. The van der Waals surface area contributed by atoms with Gasteiger partial charge < -0.3 is 0 Å². The Labute approximate surface area is 165 Å². The first-order valence-electron chi connectivity index (χ1n) is 12.1. The molecule has 1 aliphatic rings. The summed E-state index contributed by atoms with van der Waals surface area (Å²) in [5.74, 6) is 3.62. The summed E-state index contributed by atoms with van der Waals surface area (Å²) in [6.07, 6.45) is 23.4. The summed E-state index contributed by atoms with van der Waals surface area (Å²) in [5.41, 5.74) is 0. The van der Waals surface area contributed by atoms with E-state index in [1.165, 1.54) is 103 Å². The van der Waals surface area contributed by atoms with Crippen LogP contribution in [0.3, 0.4) is 0 Å². The molecule has 1 nitrogen and oxygen atoms in total. The average molecular weight is 362 g/mol. The van der Waals surface area contributed by atoms with Gasteiger partial charge in [-0.1, -0.05) is 97.8 Å². The standard InChI is InChI=1S/C25H47N/c1-4-7-8-9-13-22(11-5-2)14-10-15-24(12-6-3)25-18-16-23(17-19-25)20-21-26/h22-25H,4-20H2,1-3H3. The number of rotatable bonds is 15. The topological polar surface area (TPSA) is 23.8 Å². The molecule has 1 rings (SSSR count). The Kier molecular flexibility index (Phi) is 14.1. The lowest BCUT2D eigenvalue weighted by Gasteiger charge is -2.33. The van der Waals surface area contributed by atoms with Crippen molar-refractivity contribution in [1.29, 1.82) is 5.26 Å². The molecule has 152 valence electrons. The van der Waals surface area contributed by atoms with Crippen molar-refractivity contribution in [2.75, 3.05) is 0 Å². The van der Waals surface area contributed by atoms with Gasteiger partial charge in [0.1, 0.15) is 0 Å². The molecule has 1 heteroatoms. The lowest BCUT2D eigenvalue weighted by atomic mass is 9.72. The molecule has 0 aromatic rings. The molecule has 0 N–H and O–H groups in total. The molecule has 0 heterocycles. The summed E-state index contributed by atoms with van der Waals surface area (Å²) in [6, 6.07) is 2.39. The van der Waals surface area contributed by atoms with Gasteiger partial charge in [0.25, 0.3) is 0 Å². The third kappa shape index (κ3) is 9.99. The van der Waals surface area contributed by atoms with Crippen molar-refractivity contribution in [2.45, 2.75) is 130 Å². The smallest absolute Gasteiger partial charge is 0.0624 e. The predicted molar refractivity (Wildman–Crippen MR) is 115 cm³/mol. The summed E-state index contributed by atoms with van der Waals surface area (Å²) in [5, 5.41) is 8.93. The summed E-state index contributed by atoms with van der Waals surface area (Å²) in [4.78, 5) is 0. The first-order valence-corrected chi connectivity index (χ1v) is 12.1. The quantitative estimate of drug-likeness (QED) is 0.268. The van der Waals surface area contributed by atoms with Crippen molar-refractivity contribution >= 4 is 0 Å². The Morgan fingerprint density at radius 1 is 0.731 bits per heavy atom. The van der Waals surface area contributed by atoms with Gasteiger partial charge in [0.05, 0.1) is 6.07 Å². The van der Waals surface area contributed by atoms with E-state index in [0.29, 0.717) is 5.92 Å². The maximum Gasteiger partial charge on any atom is 0.0624 e. The fraction of sp³-hybridized carbons (Fsp3) is 0.960. The van der Waals surface area contributed by atoms with Crippen LogP contribution in [0, 0.1) is 35.0 Å². The second-order valence-corrected chi connectivity index (χ2v) is 9.13. The van der Waals surface area contributed by atoms with Crippen LogP contribution >= 0.6 is 0 Å². The van der Waals surface area contributed by atoms with E-state index in [9.17, 15) is 0 Å². The Hall–Kier alpha value is -0.510. The number of unbranched alkanes of at least 4 members (excludes halogenated alkanes) is 3. The second-order valence-electron chi connectivity index (χ2n) is 9.13. The van der Waals surface area contributed by atoms with Gasteiger partial charge in [-0.3, -0.25) is 0 Å². The largest absolute Gasteiger partial charge is 0.198 e. The van der Waals surface area contributed by atoms with Gasteiger partial charge in [-0.15, -0.1) is 0 Å². The Bertz CT molecular complexity index is 348. The van der Waals surface area contributed by atoms with E-state index in [4.69, 9.17) is 5.26 Å². The Morgan fingerprint density at radius 2 is 1.42 bits per heavy atom. The molecule has 1 saturated carbocycles. The first-order chi connectivity index (χ1) is 12.7. The van der Waals surface area contributed by atoms with Crippen molar-refractivity contribution in [1.82, 2.24) is 0 Å². The van der Waals surface area contributed by atoms with E-state index in [-0.39, 0.29) is 0 Å². The van der Waals surface area contributed by atoms with Crippen LogP contribution in [0.2, 0.25) is 0 Å². The zero-order chi connectivity index (χ0) is 19.0. The molecular weight excluding hydrogens is 314 g/mol. The van der Waals surface area contributed by atoms with Gasteiger partial charge in [0.15, 0.2) is 0 Å². The molecule has 2 atom stereocenters. The highest BCUT2D eigenvalue weighted by Crippen LogP contribution is 2.39. The summed E-state index contributed by atoms with van der Waals surface area (Å²) >= 11 is 0. The minimum atomic E-state index is 0.704. The minimum absolute atomic E-state index is 0.704. The molecule has 1 fully saturated rings. The minimum Gasteiger partial charge on any atom is -0.198 e. The average Bonchev–Trinajstić information content (AvgIpc) is 2.65. The molecule has 0 spiro atoms. The van der Waals surface area contributed by atoms with Crippen molar-refractivity contribution in [2.24, 2.45) is 23.7 Å². The fourth-order valence-corrected chi connectivity index (χ4v) is 5.35. The maximum atomic E-state index is 8.93. The summed E-state index contributed by atoms with van der Waals surface area (Å²) < 4.78 is 0. The highest BCUT2D eigenvalue weighted by molar-refractivity contribution is 4.83. The van der Waals surface area contributed by atoms with Crippen LogP contribution in [-0.2, 0) is 0 Å². The van der Waals surface area contributed by atoms with Crippen molar-refractivity contribution in [3.8, 4) is 6.07 Å². The summed E-state index contributed by atoms with van der Waals surface area (Å²) in [6.45, 7) is 7.03. The fourth-order valence-electron chi connectivity index (χ4n) is 5.35. The van der Waals surface area contributed by atoms with Crippen LogP contribution in [-0.4, -0.2) is 0 Å². The van der Waals surface area contributed by atoms with Gasteiger partial charge in [-0.05, 0) is 49.4 Å². The van der Waals surface area contributed by atoms with E-state index < -0.39 is 0 Å². The molecule has 26 heavy (non-hydrogen) atoms. The first kappa shape index (κ1) is 23.5. The Balaban J connectivity index is 2.33. The predicted octanol–water partition coefficient (Wildman–Crippen LogP) is 8.68. The van der Waals surface area contributed by atoms with Crippen LogP contribution in [0.4, 0.5) is 0 Å². The number of hydrogen-bond donors (Lipinski definition) is 0. The molecule has 0 bridgehead atoms. The van der Waals surface area contributed by atoms with E-state index in [1.807, 2.05) is 0 Å². The zero-order valence-electron chi connectivity index (χ0n) is 18.3. The number of nitriles is 1. The molecule has 1 aliphatic carbocycles.